The third-order valence-corrected chi connectivity index (χ3v) is 2.26. The van der Waals surface area contributed by atoms with Gasteiger partial charge in [-0.15, -0.1) is 0 Å². The Labute approximate surface area is 65.0 Å². The van der Waals surface area contributed by atoms with Crippen LogP contribution < -0.4 is 0 Å². The van der Waals surface area contributed by atoms with Crippen LogP contribution in [0.4, 0.5) is 4.39 Å². The highest BCUT2D eigenvalue weighted by atomic mass is 19.1. The number of alkyl halides is 1. The fourth-order valence-electron chi connectivity index (χ4n) is 1.67. The van der Waals surface area contributed by atoms with Gasteiger partial charge in [-0.3, -0.25) is 4.68 Å². The average molecular weight is 154 g/mol. The van der Waals surface area contributed by atoms with E-state index in [1.165, 1.54) is 0 Å². The molecule has 3 heteroatoms. The molecule has 0 saturated heterocycles. The summed E-state index contributed by atoms with van der Waals surface area (Å²) < 4.78 is 14.8. The van der Waals surface area contributed by atoms with Crippen LogP contribution in [0.3, 0.4) is 0 Å². The van der Waals surface area contributed by atoms with Gasteiger partial charge < -0.3 is 0 Å². The van der Waals surface area contributed by atoms with Gasteiger partial charge in [0.05, 0.1) is 6.04 Å². The van der Waals surface area contributed by atoms with E-state index in [9.17, 15) is 4.39 Å². The average Bonchev–Trinajstić information content (AvgIpc) is 2.55. The Bertz CT molecular complexity index is 220. The summed E-state index contributed by atoms with van der Waals surface area (Å²) >= 11 is 0. The van der Waals surface area contributed by atoms with Gasteiger partial charge in [0, 0.05) is 12.4 Å². The van der Waals surface area contributed by atoms with Gasteiger partial charge in [0.2, 0.25) is 0 Å². The van der Waals surface area contributed by atoms with E-state index >= 15 is 0 Å². The van der Waals surface area contributed by atoms with Crippen molar-refractivity contribution >= 4 is 0 Å². The van der Waals surface area contributed by atoms with Crippen LogP contribution in [0, 0.1) is 0 Å². The molecule has 1 heterocycles. The summed E-state index contributed by atoms with van der Waals surface area (Å²) in [4.78, 5) is 0. The molecule has 60 valence electrons. The van der Waals surface area contributed by atoms with Crippen molar-refractivity contribution in [3.8, 4) is 0 Å². The van der Waals surface area contributed by atoms with Crippen molar-refractivity contribution in [1.29, 1.82) is 0 Å². The molecule has 0 N–H and O–H groups in total. The highest BCUT2D eigenvalue weighted by Crippen LogP contribution is 2.31. The molecule has 2 rings (SSSR count). The maximum atomic E-state index is 13.1. The van der Waals surface area contributed by atoms with Gasteiger partial charge in [-0.05, 0) is 25.3 Å². The predicted octanol–water partition coefficient (Wildman–Crippen LogP) is 1.95. The summed E-state index contributed by atoms with van der Waals surface area (Å²) in [5.41, 5.74) is 0. The molecule has 0 spiro atoms. The molecule has 1 aliphatic carbocycles. The van der Waals surface area contributed by atoms with Crippen LogP contribution in [-0.2, 0) is 0 Å². The van der Waals surface area contributed by atoms with E-state index in [2.05, 4.69) is 5.10 Å². The Hall–Kier alpha value is -0.860. The number of nitrogens with zero attached hydrogens (tertiary/aromatic N) is 2. The Kier molecular flexibility index (Phi) is 1.64. The quantitative estimate of drug-likeness (QED) is 0.604. The van der Waals surface area contributed by atoms with Gasteiger partial charge in [0.15, 0.2) is 0 Å². The third-order valence-electron chi connectivity index (χ3n) is 2.26. The minimum Gasteiger partial charge on any atom is -0.267 e. The van der Waals surface area contributed by atoms with Gasteiger partial charge in [-0.2, -0.15) is 5.10 Å². The second-order valence-corrected chi connectivity index (χ2v) is 3.00. The Morgan fingerprint density at radius 1 is 1.45 bits per heavy atom. The maximum Gasteiger partial charge on any atom is 0.122 e. The van der Waals surface area contributed by atoms with Crippen LogP contribution in [0.2, 0.25) is 0 Å². The molecule has 2 nitrogen and oxygen atoms in total. The van der Waals surface area contributed by atoms with Crippen LogP contribution in [0.15, 0.2) is 18.5 Å². The molecule has 2 atom stereocenters. The molecular weight excluding hydrogens is 143 g/mol. The van der Waals surface area contributed by atoms with Crippen molar-refractivity contribution in [2.75, 3.05) is 0 Å². The monoisotopic (exact) mass is 154 g/mol. The van der Waals surface area contributed by atoms with Gasteiger partial charge >= 0.3 is 0 Å². The molecule has 11 heavy (non-hydrogen) atoms. The second-order valence-electron chi connectivity index (χ2n) is 3.00. The van der Waals surface area contributed by atoms with Crippen molar-refractivity contribution in [3.63, 3.8) is 0 Å². The smallest absolute Gasteiger partial charge is 0.122 e. The van der Waals surface area contributed by atoms with E-state index in [0.29, 0.717) is 6.42 Å². The molecule has 0 amide bonds. The lowest BCUT2D eigenvalue weighted by molar-refractivity contribution is 0.250. The second kappa shape index (κ2) is 2.64. The zero-order chi connectivity index (χ0) is 7.68. The topological polar surface area (TPSA) is 17.8 Å². The molecule has 0 aromatic carbocycles. The molecular formula is C8H11FN2. The van der Waals surface area contributed by atoms with Crippen molar-refractivity contribution in [2.24, 2.45) is 0 Å². The van der Waals surface area contributed by atoms with Crippen molar-refractivity contribution < 1.29 is 4.39 Å². The predicted molar refractivity (Wildman–Crippen MR) is 40.0 cm³/mol. The summed E-state index contributed by atoms with van der Waals surface area (Å²) in [7, 11) is 0. The lowest BCUT2D eigenvalue weighted by Crippen LogP contribution is -2.14. The first-order valence-electron chi connectivity index (χ1n) is 4.01. The normalized spacial score (nSPS) is 31.0. The maximum absolute atomic E-state index is 13.1. The molecule has 0 aliphatic heterocycles. The largest absolute Gasteiger partial charge is 0.267 e. The summed E-state index contributed by atoms with van der Waals surface area (Å²) in [5.74, 6) is 0. The van der Waals surface area contributed by atoms with E-state index in [-0.39, 0.29) is 6.04 Å². The van der Waals surface area contributed by atoms with Gasteiger partial charge in [0.25, 0.3) is 0 Å². The molecule has 0 radical (unpaired) electrons. The van der Waals surface area contributed by atoms with E-state index in [0.717, 1.165) is 12.8 Å². The summed E-state index contributed by atoms with van der Waals surface area (Å²) in [6.45, 7) is 0. The van der Waals surface area contributed by atoms with E-state index in [4.69, 9.17) is 0 Å². The van der Waals surface area contributed by atoms with Crippen LogP contribution in [0.1, 0.15) is 25.3 Å². The summed E-state index contributed by atoms with van der Waals surface area (Å²) in [5, 5.41) is 4.03. The van der Waals surface area contributed by atoms with E-state index in [1.807, 2.05) is 12.3 Å². The molecule has 0 unspecified atom stereocenters. The molecule has 1 fully saturated rings. The first-order chi connectivity index (χ1) is 5.38. The lowest BCUT2D eigenvalue weighted by Gasteiger charge is -2.12. The fourth-order valence-corrected chi connectivity index (χ4v) is 1.67. The van der Waals surface area contributed by atoms with Gasteiger partial charge in [-0.1, -0.05) is 0 Å². The summed E-state index contributed by atoms with van der Waals surface area (Å²) in [6, 6.07) is 1.84. The third kappa shape index (κ3) is 1.15. The number of aromatic nitrogens is 2. The van der Waals surface area contributed by atoms with Crippen molar-refractivity contribution in [1.82, 2.24) is 9.78 Å². The standard InChI is InChI=1S/C8H11FN2/c9-7-3-1-4-8(7)11-6-2-5-10-11/h2,5-8H,1,3-4H2/t7-,8-/m1/s1. The van der Waals surface area contributed by atoms with Crippen LogP contribution in [0.5, 0.6) is 0 Å². The molecule has 1 aromatic heterocycles. The fraction of sp³-hybridized carbons (Fsp3) is 0.625. The minimum atomic E-state index is -0.685. The van der Waals surface area contributed by atoms with Gasteiger partial charge in [-0.25, -0.2) is 4.39 Å². The van der Waals surface area contributed by atoms with Crippen molar-refractivity contribution in [3.05, 3.63) is 18.5 Å². The van der Waals surface area contributed by atoms with Crippen LogP contribution in [0.25, 0.3) is 0 Å². The zero-order valence-electron chi connectivity index (χ0n) is 6.28. The Balaban J connectivity index is 2.16. The SMILES string of the molecule is F[C@@H]1CCC[C@H]1n1cccn1. The summed E-state index contributed by atoms with van der Waals surface area (Å²) in [6.07, 6.45) is 5.47. The number of halogens is 1. The van der Waals surface area contributed by atoms with Crippen LogP contribution in [-0.4, -0.2) is 16.0 Å². The van der Waals surface area contributed by atoms with Gasteiger partial charge in [0.1, 0.15) is 6.17 Å². The van der Waals surface area contributed by atoms with E-state index < -0.39 is 6.17 Å². The highest BCUT2D eigenvalue weighted by Gasteiger charge is 2.28. The number of hydrogen-bond acceptors (Lipinski definition) is 1. The highest BCUT2D eigenvalue weighted by molar-refractivity contribution is 4.87. The number of hydrogen-bond donors (Lipinski definition) is 0. The number of rotatable bonds is 1. The zero-order valence-corrected chi connectivity index (χ0v) is 6.28. The van der Waals surface area contributed by atoms with E-state index in [1.54, 1.807) is 10.9 Å². The molecule has 1 aliphatic rings. The molecule has 1 saturated carbocycles. The Morgan fingerprint density at radius 3 is 2.91 bits per heavy atom. The first kappa shape index (κ1) is 6.83. The lowest BCUT2D eigenvalue weighted by atomic mass is 10.2. The minimum absolute atomic E-state index is 0.00463. The molecule has 0 bridgehead atoms. The Morgan fingerprint density at radius 2 is 2.36 bits per heavy atom. The van der Waals surface area contributed by atoms with Crippen LogP contribution >= 0.6 is 0 Å². The van der Waals surface area contributed by atoms with Crippen molar-refractivity contribution in [2.45, 2.75) is 31.5 Å². The first-order valence-corrected chi connectivity index (χ1v) is 4.01. The molecule has 1 aromatic rings.